The highest BCUT2D eigenvalue weighted by Gasteiger charge is 2.23. The number of hydrogen-bond donors (Lipinski definition) is 1. The van der Waals surface area contributed by atoms with Crippen LogP contribution in [0.2, 0.25) is 0 Å². The van der Waals surface area contributed by atoms with Crippen LogP contribution in [0.15, 0.2) is 54.6 Å². The van der Waals surface area contributed by atoms with Crippen LogP contribution in [0.4, 0.5) is 11.4 Å². The van der Waals surface area contributed by atoms with E-state index in [1.54, 1.807) is 0 Å². The molecule has 0 atom stereocenters. The van der Waals surface area contributed by atoms with Crippen molar-refractivity contribution in [2.24, 2.45) is 0 Å². The van der Waals surface area contributed by atoms with Crippen molar-refractivity contribution in [3.63, 3.8) is 0 Å². The SMILES string of the molecule is O=C(CN1CCCCc2ccccc21)NC1CCN(c2ccccc2)CC1. The highest BCUT2D eigenvalue weighted by atomic mass is 16.2. The van der Waals surface area contributed by atoms with Crippen molar-refractivity contribution in [1.82, 2.24) is 5.32 Å². The first-order valence-corrected chi connectivity index (χ1v) is 10.2. The molecule has 0 aliphatic carbocycles. The van der Waals surface area contributed by atoms with Crippen molar-refractivity contribution in [2.45, 2.75) is 38.1 Å². The van der Waals surface area contributed by atoms with Crippen molar-refractivity contribution >= 4 is 17.3 Å². The van der Waals surface area contributed by atoms with Gasteiger partial charge in [-0.1, -0.05) is 36.4 Å². The van der Waals surface area contributed by atoms with E-state index in [2.05, 4.69) is 69.7 Å². The molecule has 1 saturated heterocycles. The van der Waals surface area contributed by atoms with Crippen molar-refractivity contribution in [3.8, 4) is 0 Å². The molecule has 4 heteroatoms. The van der Waals surface area contributed by atoms with Crippen LogP contribution in [0.3, 0.4) is 0 Å². The average molecular weight is 364 g/mol. The van der Waals surface area contributed by atoms with Crippen LogP contribution in [0.5, 0.6) is 0 Å². The topological polar surface area (TPSA) is 35.6 Å². The number of fused-ring (bicyclic) bond motifs is 1. The number of para-hydroxylation sites is 2. The summed E-state index contributed by atoms with van der Waals surface area (Å²) in [7, 11) is 0. The Hall–Kier alpha value is -2.49. The van der Waals surface area contributed by atoms with Gasteiger partial charge < -0.3 is 15.1 Å². The van der Waals surface area contributed by atoms with Gasteiger partial charge in [0.25, 0.3) is 0 Å². The Balaban J connectivity index is 1.30. The van der Waals surface area contributed by atoms with Gasteiger partial charge in [-0.05, 0) is 55.9 Å². The fourth-order valence-corrected chi connectivity index (χ4v) is 4.30. The largest absolute Gasteiger partial charge is 0.371 e. The molecule has 0 bridgehead atoms. The summed E-state index contributed by atoms with van der Waals surface area (Å²) in [6.07, 6.45) is 5.49. The number of hydrogen-bond acceptors (Lipinski definition) is 3. The van der Waals surface area contributed by atoms with Crippen molar-refractivity contribution in [3.05, 3.63) is 60.2 Å². The first-order valence-electron chi connectivity index (χ1n) is 10.2. The van der Waals surface area contributed by atoms with Gasteiger partial charge in [-0.25, -0.2) is 0 Å². The van der Waals surface area contributed by atoms with Gasteiger partial charge in [-0.2, -0.15) is 0 Å². The normalized spacial score (nSPS) is 17.9. The summed E-state index contributed by atoms with van der Waals surface area (Å²) >= 11 is 0. The molecule has 0 saturated carbocycles. The lowest BCUT2D eigenvalue weighted by atomic mass is 10.0. The second kappa shape index (κ2) is 8.47. The molecule has 2 aliphatic rings. The van der Waals surface area contributed by atoms with E-state index in [-0.39, 0.29) is 5.91 Å². The Kier molecular flexibility index (Phi) is 5.61. The summed E-state index contributed by atoms with van der Waals surface area (Å²) in [5.41, 5.74) is 3.89. The molecule has 0 radical (unpaired) electrons. The van der Waals surface area contributed by atoms with E-state index in [0.29, 0.717) is 12.6 Å². The minimum Gasteiger partial charge on any atom is -0.371 e. The molecule has 2 aromatic rings. The molecule has 2 aliphatic heterocycles. The van der Waals surface area contributed by atoms with Gasteiger partial charge in [-0.15, -0.1) is 0 Å². The van der Waals surface area contributed by atoms with Gasteiger partial charge in [0, 0.05) is 37.1 Å². The van der Waals surface area contributed by atoms with E-state index < -0.39 is 0 Å². The van der Waals surface area contributed by atoms with Crippen LogP contribution in [0, 0.1) is 0 Å². The number of nitrogens with one attached hydrogen (secondary N) is 1. The number of anilines is 2. The molecule has 142 valence electrons. The summed E-state index contributed by atoms with van der Waals surface area (Å²) in [5.74, 6) is 0.157. The second-order valence-electron chi connectivity index (χ2n) is 7.67. The van der Waals surface area contributed by atoms with E-state index in [4.69, 9.17) is 0 Å². The fraction of sp³-hybridized carbons (Fsp3) is 0.435. The first kappa shape index (κ1) is 17.9. The van der Waals surface area contributed by atoms with E-state index in [1.165, 1.54) is 23.4 Å². The maximum atomic E-state index is 12.7. The molecule has 1 fully saturated rings. The highest BCUT2D eigenvalue weighted by Crippen LogP contribution is 2.26. The number of nitrogens with zero attached hydrogens (tertiary/aromatic N) is 2. The number of benzene rings is 2. The Labute approximate surface area is 162 Å². The standard InChI is InChI=1S/C23H29N3O/c27-23(18-26-15-7-6-9-19-8-4-5-12-22(19)26)24-20-13-16-25(17-14-20)21-10-2-1-3-11-21/h1-5,8,10-12,20H,6-7,9,13-18H2,(H,24,27). The van der Waals surface area contributed by atoms with Crippen molar-refractivity contribution in [1.29, 1.82) is 0 Å². The number of aryl methyl sites for hydroxylation is 1. The Morgan fingerprint density at radius 3 is 2.48 bits per heavy atom. The number of piperidine rings is 1. The zero-order valence-electron chi connectivity index (χ0n) is 15.9. The number of amides is 1. The summed E-state index contributed by atoms with van der Waals surface area (Å²) in [6, 6.07) is 19.4. The third-order valence-electron chi connectivity index (χ3n) is 5.77. The van der Waals surface area contributed by atoms with Gasteiger partial charge in [0.15, 0.2) is 0 Å². The van der Waals surface area contributed by atoms with Crippen molar-refractivity contribution < 1.29 is 4.79 Å². The Morgan fingerprint density at radius 1 is 0.926 bits per heavy atom. The molecular formula is C23H29N3O. The molecule has 4 rings (SSSR count). The second-order valence-corrected chi connectivity index (χ2v) is 7.67. The van der Waals surface area contributed by atoms with Gasteiger partial charge in [-0.3, -0.25) is 4.79 Å². The molecule has 2 heterocycles. The molecule has 2 aromatic carbocycles. The minimum absolute atomic E-state index is 0.157. The van der Waals surface area contributed by atoms with Crippen LogP contribution in [0.25, 0.3) is 0 Å². The number of carbonyl (C=O) groups is 1. The molecule has 0 aromatic heterocycles. The predicted octanol–water partition coefficient (Wildman–Crippen LogP) is 3.61. The highest BCUT2D eigenvalue weighted by molar-refractivity contribution is 5.82. The molecule has 0 spiro atoms. The summed E-state index contributed by atoms with van der Waals surface area (Å²) in [4.78, 5) is 17.4. The van der Waals surface area contributed by atoms with Crippen LogP contribution >= 0.6 is 0 Å². The van der Waals surface area contributed by atoms with E-state index in [1.807, 2.05) is 0 Å². The third-order valence-corrected chi connectivity index (χ3v) is 5.77. The third kappa shape index (κ3) is 4.44. The first-order chi connectivity index (χ1) is 13.3. The zero-order chi connectivity index (χ0) is 18.5. The quantitative estimate of drug-likeness (QED) is 0.901. The molecule has 1 amide bonds. The summed E-state index contributed by atoms with van der Waals surface area (Å²) in [5, 5.41) is 3.28. The van der Waals surface area contributed by atoms with E-state index >= 15 is 0 Å². The zero-order valence-corrected chi connectivity index (χ0v) is 15.9. The van der Waals surface area contributed by atoms with Crippen LogP contribution in [-0.2, 0) is 11.2 Å². The monoisotopic (exact) mass is 363 g/mol. The van der Waals surface area contributed by atoms with E-state index in [9.17, 15) is 4.79 Å². The van der Waals surface area contributed by atoms with Crippen molar-refractivity contribution in [2.75, 3.05) is 36.0 Å². The lowest BCUT2D eigenvalue weighted by Gasteiger charge is -2.34. The van der Waals surface area contributed by atoms with Gasteiger partial charge in [0.1, 0.15) is 0 Å². The maximum absolute atomic E-state index is 12.7. The van der Waals surface area contributed by atoms with Crippen LogP contribution < -0.4 is 15.1 Å². The smallest absolute Gasteiger partial charge is 0.239 e. The minimum atomic E-state index is 0.157. The lowest BCUT2D eigenvalue weighted by Crippen LogP contribution is -2.47. The summed E-state index contributed by atoms with van der Waals surface area (Å²) in [6.45, 7) is 3.44. The van der Waals surface area contributed by atoms with Gasteiger partial charge >= 0.3 is 0 Å². The molecule has 4 nitrogen and oxygen atoms in total. The van der Waals surface area contributed by atoms with Gasteiger partial charge in [0.05, 0.1) is 6.54 Å². The molecular weight excluding hydrogens is 334 g/mol. The Bertz CT molecular complexity index is 753. The fourth-order valence-electron chi connectivity index (χ4n) is 4.30. The number of carbonyl (C=O) groups excluding carboxylic acids is 1. The van der Waals surface area contributed by atoms with Crippen LogP contribution in [0.1, 0.15) is 31.2 Å². The molecule has 27 heavy (non-hydrogen) atoms. The predicted molar refractivity (Wildman–Crippen MR) is 111 cm³/mol. The number of rotatable bonds is 4. The summed E-state index contributed by atoms with van der Waals surface area (Å²) < 4.78 is 0. The van der Waals surface area contributed by atoms with Crippen LogP contribution in [-0.4, -0.2) is 38.1 Å². The molecule has 1 N–H and O–H groups in total. The Morgan fingerprint density at radius 2 is 1.67 bits per heavy atom. The lowest BCUT2D eigenvalue weighted by molar-refractivity contribution is -0.120. The molecule has 0 unspecified atom stereocenters. The van der Waals surface area contributed by atoms with E-state index in [0.717, 1.165) is 45.3 Å². The van der Waals surface area contributed by atoms with Gasteiger partial charge in [0.2, 0.25) is 5.91 Å². The maximum Gasteiger partial charge on any atom is 0.239 e. The average Bonchev–Trinajstić information content (AvgIpc) is 2.92.